The van der Waals surface area contributed by atoms with E-state index in [4.69, 9.17) is 9.47 Å². The standard InChI is InChI=1S/C32H42N4O6S2/c1-23(22-36(30(38)42-32(5,6)7)19-16-24-11-9-8-10-12-24)35-44(39,40)26-13-14-27-25(21-26)15-17-33-28(27)43-20-18-34-29(37)41-31(2,3)4/h8-15,17-18,21,23,35H,16,19-20,22H2,1-7H3/t23-/m1/s1. The van der Waals surface area contributed by atoms with E-state index in [0.717, 1.165) is 10.9 Å². The van der Waals surface area contributed by atoms with Crippen LogP contribution in [0.15, 0.2) is 75.7 Å². The van der Waals surface area contributed by atoms with Crippen LogP contribution in [0.5, 0.6) is 0 Å². The number of hydrogen-bond acceptors (Lipinski definition) is 8. The molecule has 2 amide bonds. The molecule has 238 valence electrons. The Morgan fingerprint density at radius 1 is 1.02 bits per heavy atom. The van der Waals surface area contributed by atoms with E-state index in [9.17, 15) is 18.0 Å². The molecule has 0 spiro atoms. The van der Waals surface area contributed by atoms with Crippen molar-refractivity contribution in [1.82, 2.24) is 14.6 Å². The monoisotopic (exact) mass is 642 g/mol. The van der Waals surface area contributed by atoms with Gasteiger partial charge in [-0.3, -0.25) is 0 Å². The first kappa shape index (κ1) is 35.0. The van der Waals surface area contributed by atoms with Gasteiger partial charge in [-0.05, 0) is 84.0 Å². The van der Waals surface area contributed by atoms with Crippen LogP contribution in [-0.4, -0.2) is 72.8 Å². The third-order valence-corrected chi connectivity index (χ3v) is 8.41. The Hall–Kier alpha value is -3.48. The van der Waals surface area contributed by atoms with Gasteiger partial charge in [-0.2, -0.15) is 4.99 Å². The molecule has 0 aliphatic rings. The molecule has 1 N–H and O–H groups in total. The fraction of sp³-hybridized carbons (Fsp3) is 0.438. The average molecular weight is 643 g/mol. The predicted molar refractivity (Wildman–Crippen MR) is 175 cm³/mol. The Morgan fingerprint density at radius 3 is 2.36 bits per heavy atom. The topological polar surface area (TPSA) is 127 Å². The minimum atomic E-state index is -3.91. The zero-order valence-electron chi connectivity index (χ0n) is 26.4. The van der Waals surface area contributed by atoms with E-state index in [1.165, 1.54) is 28.9 Å². The summed E-state index contributed by atoms with van der Waals surface area (Å²) in [6.45, 7) is 12.9. The van der Waals surface area contributed by atoms with Gasteiger partial charge in [0.1, 0.15) is 16.2 Å². The third kappa shape index (κ3) is 11.5. The van der Waals surface area contributed by atoms with Gasteiger partial charge in [0.2, 0.25) is 10.0 Å². The molecule has 0 unspecified atom stereocenters. The van der Waals surface area contributed by atoms with Crippen LogP contribution in [0.1, 0.15) is 54.0 Å². The van der Waals surface area contributed by atoms with Crippen molar-refractivity contribution in [3.05, 3.63) is 66.4 Å². The van der Waals surface area contributed by atoms with Crippen LogP contribution in [0.2, 0.25) is 0 Å². The number of aliphatic imine (C=N–C) groups is 1. The summed E-state index contributed by atoms with van der Waals surface area (Å²) in [4.78, 5) is 34.6. The number of hydrogen-bond donors (Lipinski definition) is 1. The lowest BCUT2D eigenvalue weighted by atomic mass is 10.1. The Morgan fingerprint density at radius 2 is 1.70 bits per heavy atom. The molecule has 0 aliphatic heterocycles. The number of fused-ring (bicyclic) bond motifs is 1. The van der Waals surface area contributed by atoms with Crippen molar-refractivity contribution in [3.8, 4) is 0 Å². The zero-order chi connectivity index (χ0) is 32.5. The number of amides is 2. The van der Waals surface area contributed by atoms with E-state index < -0.39 is 39.5 Å². The maximum absolute atomic E-state index is 13.4. The first-order chi connectivity index (χ1) is 20.5. The Bertz CT molecular complexity index is 1570. The van der Waals surface area contributed by atoms with Gasteiger partial charge in [0.25, 0.3) is 0 Å². The second-order valence-electron chi connectivity index (χ2n) is 12.3. The van der Waals surface area contributed by atoms with Gasteiger partial charge in [-0.1, -0.05) is 36.4 Å². The normalized spacial score (nSPS) is 13.2. The van der Waals surface area contributed by atoms with E-state index in [1.54, 1.807) is 72.9 Å². The SMILES string of the molecule is C[C@H](CN(CCc1ccccc1)C(=O)OC(C)(C)C)NS(=O)(=O)c1ccc2c(SCC=NC(=O)OC(C)(C)C)nccc2c1. The molecule has 44 heavy (non-hydrogen) atoms. The van der Waals surface area contributed by atoms with E-state index >= 15 is 0 Å². The lowest BCUT2D eigenvalue weighted by Crippen LogP contribution is -2.46. The number of carbonyl (C=O) groups is 2. The van der Waals surface area contributed by atoms with Crippen LogP contribution in [-0.2, 0) is 25.9 Å². The van der Waals surface area contributed by atoms with Gasteiger partial charge in [-0.25, -0.2) is 27.7 Å². The van der Waals surface area contributed by atoms with Crippen LogP contribution < -0.4 is 4.72 Å². The Labute approximate surface area is 264 Å². The van der Waals surface area contributed by atoms with Gasteiger partial charge >= 0.3 is 12.2 Å². The first-order valence-electron chi connectivity index (χ1n) is 14.3. The summed E-state index contributed by atoms with van der Waals surface area (Å²) >= 11 is 1.37. The number of pyridine rings is 1. The molecular formula is C32H42N4O6S2. The number of rotatable bonds is 11. The quantitative estimate of drug-likeness (QED) is 0.186. The lowest BCUT2D eigenvalue weighted by Gasteiger charge is -2.29. The first-order valence-corrected chi connectivity index (χ1v) is 16.8. The molecule has 12 heteroatoms. The largest absolute Gasteiger partial charge is 0.444 e. The molecule has 0 bridgehead atoms. The molecule has 0 saturated carbocycles. The number of sulfonamides is 1. The summed E-state index contributed by atoms with van der Waals surface area (Å²) < 4.78 is 40.2. The summed E-state index contributed by atoms with van der Waals surface area (Å²) in [6.07, 6.45) is 2.51. The highest BCUT2D eigenvalue weighted by atomic mass is 32.2. The van der Waals surface area contributed by atoms with Crippen LogP contribution in [0.3, 0.4) is 0 Å². The molecule has 3 rings (SSSR count). The Balaban J connectivity index is 1.69. The van der Waals surface area contributed by atoms with Gasteiger partial charge in [0, 0.05) is 42.7 Å². The summed E-state index contributed by atoms with van der Waals surface area (Å²) in [5, 5.41) is 2.14. The average Bonchev–Trinajstić information content (AvgIpc) is 2.91. The van der Waals surface area contributed by atoms with Gasteiger partial charge in [0.05, 0.1) is 4.90 Å². The van der Waals surface area contributed by atoms with Crippen molar-refractivity contribution in [1.29, 1.82) is 0 Å². The highest BCUT2D eigenvalue weighted by molar-refractivity contribution is 8.00. The molecule has 2 aromatic carbocycles. The van der Waals surface area contributed by atoms with Crippen molar-refractivity contribution < 1.29 is 27.5 Å². The molecule has 1 aromatic heterocycles. The number of ether oxygens (including phenoxy) is 2. The minimum Gasteiger partial charge on any atom is -0.444 e. The number of aromatic nitrogens is 1. The second-order valence-corrected chi connectivity index (χ2v) is 15.0. The van der Waals surface area contributed by atoms with Crippen LogP contribution >= 0.6 is 11.8 Å². The maximum Gasteiger partial charge on any atom is 0.433 e. The number of nitrogens with one attached hydrogen (secondary N) is 1. The van der Waals surface area contributed by atoms with Crippen LogP contribution in [0, 0.1) is 0 Å². The van der Waals surface area contributed by atoms with E-state index in [1.807, 2.05) is 30.3 Å². The van der Waals surface area contributed by atoms with Crippen molar-refractivity contribution in [3.63, 3.8) is 0 Å². The second kappa shape index (κ2) is 15.0. The maximum atomic E-state index is 13.4. The summed E-state index contributed by atoms with van der Waals surface area (Å²) in [7, 11) is -3.91. The molecule has 3 aromatic rings. The van der Waals surface area contributed by atoms with E-state index in [0.29, 0.717) is 29.1 Å². The smallest absolute Gasteiger partial charge is 0.433 e. The molecular weight excluding hydrogens is 601 g/mol. The number of carbonyl (C=O) groups excluding carboxylic acids is 2. The Kier molecular flexibility index (Phi) is 11.9. The molecule has 0 fully saturated rings. The summed E-state index contributed by atoms with van der Waals surface area (Å²) in [6, 6.07) is 15.7. The van der Waals surface area contributed by atoms with Crippen molar-refractivity contribution in [2.75, 3.05) is 18.8 Å². The zero-order valence-corrected chi connectivity index (χ0v) is 28.0. The third-order valence-electron chi connectivity index (χ3n) is 5.91. The van der Waals surface area contributed by atoms with Crippen LogP contribution in [0.25, 0.3) is 10.8 Å². The molecule has 1 heterocycles. The van der Waals surface area contributed by atoms with Crippen molar-refractivity contribution in [2.45, 2.75) is 82.1 Å². The highest BCUT2D eigenvalue weighted by Crippen LogP contribution is 2.27. The molecule has 0 aliphatic carbocycles. The van der Waals surface area contributed by atoms with Crippen molar-refractivity contribution >= 4 is 51.0 Å². The molecule has 0 saturated heterocycles. The fourth-order valence-electron chi connectivity index (χ4n) is 4.12. The number of benzene rings is 2. The van der Waals surface area contributed by atoms with Gasteiger partial charge in [0.15, 0.2) is 0 Å². The highest BCUT2D eigenvalue weighted by Gasteiger charge is 2.26. The predicted octanol–water partition coefficient (Wildman–Crippen LogP) is 6.48. The molecule has 1 atom stereocenters. The number of nitrogens with zero attached hydrogens (tertiary/aromatic N) is 3. The summed E-state index contributed by atoms with van der Waals surface area (Å²) in [5.74, 6) is 0.378. The fourth-order valence-corrected chi connectivity index (χ4v) is 6.17. The van der Waals surface area contributed by atoms with Gasteiger partial charge < -0.3 is 14.4 Å². The van der Waals surface area contributed by atoms with Crippen molar-refractivity contribution in [2.24, 2.45) is 4.99 Å². The lowest BCUT2D eigenvalue weighted by molar-refractivity contribution is 0.0240. The molecule has 0 radical (unpaired) electrons. The van der Waals surface area contributed by atoms with E-state index in [-0.39, 0.29) is 11.4 Å². The van der Waals surface area contributed by atoms with Crippen LogP contribution in [0.4, 0.5) is 9.59 Å². The summed E-state index contributed by atoms with van der Waals surface area (Å²) in [5.41, 5.74) is -0.247. The number of thioether (sulfide) groups is 1. The minimum absolute atomic E-state index is 0.0959. The van der Waals surface area contributed by atoms with E-state index in [2.05, 4.69) is 14.7 Å². The molecule has 10 nitrogen and oxygen atoms in total. The van der Waals surface area contributed by atoms with Gasteiger partial charge in [-0.15, -0.1) is 11.8 Å².